The van der Waals surface area contributed by atoms with Crippen LogP contribution in [0.1, 0.15) is 109 Å². The topological polar surface area (TPSA) is 63.6 Å². The highest BCUT2D eigenvalue weighted by atomic mass is 16.5. The molecular weight excluding hydrogens is 340 g/mol. The molecule has 0 heterocycles. The lowest BCUT2D eigenvalue weighted by Gasteiger charge is -2.03. The van der Waals surface area contributed by atoms with Crippen LogP contribution in [0.5, 0.6) is 0 Å². The molecular formula is C23H40O4. The molecule has 0 fully saturated rings. The summed E-state index contributed by atoms with van der Waals surface area (Å²) < 4.78 is 4.83. The zero-order valence-corrected chi connectivity index (χ0v) is 17.1. The number of carbonyl (C=O) groups is 2. The van der Waals surface area contributed by atoms with E-state index in [0.717, 1.165) is 12.8 Å². The van der Waals surface area contributed by atoms with Gasteiger partial charge in [0.1, 0.15) is 0 Å². The van der Waals surface area contributed by atoms with Gasteiger partial charge in [-0.2, -0.15) is 0 Å². The number of carbonyl (C=O) groups excluding carboxylic acids is 1. The average molecular weight is 381 g/mol. The van der Waals surface area contributed by atoms with Crippen LogP contribution in [0.15, 0.2) is 25.0 Å². The molecule has 0 saturated carbocycles. The van der Waals surface area contributed by atoms with Crippen molar-refractivity contribution in [2.75, 3.05) is 0 Å². The van der Waals surface area contributed by atoms with Gasteiger partial charge in [0.15, 0.2) is 0 Å². The van der Waals surface area contributed by atoms with Crippen LogP contribution in [0, 0.1) is 0 Å². The monoisotopic (exact) mass is 380 g/mol. The summed E-state index contributed by atoms with van der Waals surface area (Å²) in [7, 11) is 0. The van der Waals surface area contributed by atoms with Crippen LogP contribution in [-0.4, -0.2) is 17.0 Å². The first-order valence-corrected chi connectivity index (χ1v) is 10.8. The first-order chi connectivity index (χ1) is 13.2. The first kappa shape index (κ1) is 25.4. The van der Waals surface area contributed by atoms with Crippen LogP contribution in [-0.2, 0) is 14.3 Å². The molecule has 0 atom stereocenters. The Bertz CT molecular complexity index is 401. The summed E-state index contributed by atoms with van der Waals surface area (Å²) in [6, 6.07) is 0. The number of esters is 1. The van der Waals surface area contributed by atoms with Crippen molar-refractivity contribution in [1.82, 2.24) is 0 Å². The molecule has 0 aliphatic rings. The van der Waals surface area contributed by atoms with Crippen molar-refractivity contribution in [3.63, 3.8) is 0 Å². The van der Waals surface area contributed by atoms with Gasteiger partial charge in [0, 0.05) is 0 Å². The number of aliphatic carboxylic acids is 1. The SMILES string of the molecule is C=CCCCCCCCCCCCCCCCC=COC(=O)CCC(=O)O. The Morgan fingerprint density at radius 2 is 1.15 bits per heavy atom. The minimum Gasteiger partial charge on any atom is -0.481 e. The second-order valence-electron chi connectivity index (χ2n) is 7.22. The molecule has 0 aromatic rings. The molecule has 4 nitrogen and oxygen atoms in total. The van der Waals surface area contributed by atoms with E-state index in [0.29, 0.717) is 0 Å². The third-order valence-electron chi connectivity index (χ3n) is 4.62. The van der Waals surface area contributed by atoms with Gasteiger partial charge in [0.2, 0.25) is 0 Å². The van der Waals surface area contributed by atoms with Crippen LogP contribution in [0.2, 0.25) is 0 Å². The van der Waals surface area contributed by atoms with Crippen molar-refractivity contribution in [3.05, 3.63) is 25.0 Å². The number of carboxylic acid groups (broad SMARTS) is 1. The molecule has 0 amide bonds. The summed E-state index contributed by atoms with van der Waals surface area (Å²) >= 11 is 0. The number of allylic oxidation sites excluding steroid dienone is 2. The molecule has 0 aromatic carbocycles. The second kappa shape index (κ2) is 20.7. The van der Waals surface area contributed by atoms with Crippen LogP contribution in [0.4, 0.5) is 0 Å². The van der Waals surface area contributed by atoms with Crippen LogP contribution in [0.3, 0.4) is 0 Å². The maximum Gasteiger partial charge on any atom is 0.311 e. The normalized spacial score (nSPS) is 11.0. The van der Waals surface area contributed by atoms with E-state index in [1.165, 1.54) is 89.7 Å². The Labute approximate surface area is 166 Å². The Kier molecular flexibility index (Phi) is 19.5. The summed E-state index contributed by atoms with van der Waals surface area (Å²) in [5, 5.41) is 8.46. The molecule has 4 heteroatoms. The van der Waals surface area contributed by atoms with E-state index >= 15 is 0 Å². The molecule has 0 aromatic heterocycles. The van der Waals surface area contributed by atoms with E-state index in [-0.39, 0.29) is 12.8 Å². The molecule has 1 N–H and O–H groups in total. The van der Waals surface area contributed by atoms with E-state index in [1.807, 2.05) is 12.2 Å². The first-order valence-electron chi connectivity index (χ1n) is 10.8. The van der Waals surface area contributed by atoms with Crippen LogP contribution >= 0.6 is 0 Å². The molecule has 156 valence electrons. The fraction of sp³-hybridized carbons (Fsp3) is 0.739. The van der Waals surface area contributed by atoms with Gasteiger partial charge in [-0.1, -0.05) is 76.7 Å². The van der Waals surface area contributed by atoms with Crippen molar-refractivity contribution in [2.45, 2.75) is 109 Å². The largest absolute Gasteiger partial charge is 0.481 e. The van der Waals surface area contributed by atoms with Crippen molar-refractivity contribution in [2.24, 2.45) is 0 Å². The highest BCUT2D eigenvalue weighted by Crippen LogP contribution is 2.13. The molecule has 27 heavy (non-hydrogen) atoms. The van der Waals surface area contributed by atoms with E-state index in [1.54, 1.807) is 0 Å². The molecule has 0 radical (unpaired) electrons. The lowest BCUT2D eigenvalue weighted by Crippen LogP contribution is -2.03. The third kappa shape index (κ3) is 22.4. The van der Waals surface area contributed by atoms with Crippen molar-refractivity contribution in [1.29, 1.82) is 0 Å². The number of hydrogen-bond acceptors (Lipinski definition) is 3. The predicted octanol–water partition coefficient (Wildman–Crippen LogP) is 6.95. The average Bonchev–Trinajstić information content (AvgIpc) is 2.65. The number of hydrogen-bond donors (Lipinski definition) is 1. The van der Waals surface area contributed by atoms with Gasteiger partial charge in [-0.25, -0.2) is 0 Å². The zero-order valence-electron chi connectivity index (χ0n) is 17.1. The van der Waals surface area contributed by atoms with E-state index in [9.17, 15) is 9.59 Å². The van der Waals surface area contributed by atoms with E-state index in [2.05, 4.69) is 6.58 Å². The molecule has 0 bridgehead atoms. The number of ether oxygens (including phenoxy) is 1. The summed E-state index contributed by atoms with van der Waals surface area (Å²) in [6.45, 7) is 3.75. The fourth-order valence-corrected chi connectivity index (χ4v) is 2.96. The van der Waals surface area contributed by atoms with Gasteiger partial charge >= 0.3 is 11.9 Å². The van der Waals surface area contributed by atoms with Gasteiger partial charge < -0.3 is 9.84 Å². The number of unbranched alkanes of at least 4 members (excludes halogenated alkanes) is 14. The molecule has 0 spiro atoms. The fourth-order valence-electron chi connectivity index (χ4n) is 2.96. The highest BCUT2D eigenvalue weighted by molar-refractivity contribution is 5.76. The standard InChI is InChI=1S/C23H40O4/c1-2-3-4-5-6-7-8-9-10-11-12-13-14-15-16-17-18-21-27-23(26)20-19-22(24)25/h2,18,21H,1,3-17,19-20H2,(H,24,25). The van der Waals surface area contributed by atoms with Gasteiger partial charge in [0.05, 0.1) is 19.1 Å². The maximum absolute atomic E-state index is 11.2. The lowest BCUT2D eigenvalue weighted by molar-refractivity contribution is -0.144. The second-order valence-corrected chi connectivity index (χ2v) is 7.22. The van der Waals surface area contributed by atoms with Gasteiger partial charge in [-0.3, -0.25) is 9.59 Å². The number of rotatable bonds is 20. The van der Waals surface area contributed by atoms with Crippen molar-refractivity contribution in [3.8, 4) is 0 Å². The third-order valence-corrected chi connectivity index (χ3v) is 4.62. The Morgan fingerprint density at radius 3 is 1.59 bits per heavy atom. The van der Waals surface area contributed by atoms with Gasteiger partial charge in [-0.15, -0.1) is 6.58 Å². The molecule has 0 aliphatic carbocycles. The smallest absolute Gasteiger partial charge is 0.311 e. The molecule has 0 rings (SSSR count). The Balaban J connectivity index is 3.18. The Hall–Kier alpha value is -1.58. The minimum atomic E-state index is -0.981. The van der Waals surface area contributed by atoms with Crippen molar-refractivity contribution < 1.29 is 19.4 Å². The number of carboxylic acids is 1. The van der Waals surface area contributed by atoms with Gasteiger partial charge in [0.25, 0.3) is 0 Å². The highest BCUT2D eigenvalue weighted by Gasteiger charge is 2.04. The van der Waals surface area contributed by atoms with E-state index in [4.69, 9.17) is 9.84 Å². The summed E-state index contributed by atoms with van der Waals surface area (Å²) in [4.78, 5) is 21.5. The summed E-state index contributed by atoms with van der Waals surface area (Å²) in [5.41, 5.74) is 0. The van der Waals surface area contributed by atoms with Gasteiger partial charge in [-0.05, 0) is 31.8 Å². The van der Waals surface area contributed by atoms with Crippen LogP contribution < -0.4 is 0 Å². The zero-order chi connectivity index (χ0) is 20.0. The molecule has 0 aliphatic heterocycles. The summed E-state index contributed by atoms with van der Waals surface area (Å²) in [5.74, 6) is -1.47. The minimum absolute atomic E-state index is 0.0740. The molecule has 0 saturated heterocycles. The molecule has 0 unspecified atom stereocenters. The summed E-state index contributed by atoms with van der Waals surface area (Å²) in [6.07, 6.45) is 24.3. The Morgan fingerprint density at radius 1 is 0.704 bits per heavy atom. The quantitative estimate of drug-likeness (QED) is 0.107. The van der Waals surface area contributed by atoms with Crippen molar-refractivity contribution >= 4 is 11.9 Å². The lowest BCUT2D eigenvalue weighted by atomic mass is 10.0. The van der Waals surface area contributed by atoms with Crippen LogP contribution in [0.25, 0.3) is 0 Å². The van der Waals surface area contributed by atoms with E-state index < -0.39 is 11.9 Å². The maximum atomic E-state index is 11.2. The predicted molar refractivity (Wildman–Crippen MR) is 112 cm³/mol.